The lowest BCUT2D eigenvalue weighted by Gasteiger charge is -2.16. The number of amides is 3. The summed E-state index contributed by atoms with van der Waals surface area (Å²) in [6.45, 7) is 0.396. The number of nitrogens with one attached hydrogen (secondary N) is 2. The van der Waals surface area contributed by atoms with Crippen molar-refractivity contribution in [1.82, 2.24) is 15.2 Å². The smallest absolute Gasteiger partial charge is 0.321 e. The summed E-state index contributed by atoms with van der Waals surface area (Å²) in [5.41, 5.74) is 1.83. The van der Waals surface area contributed by atoms with Crippen molar-refractivity contribution < 1.29 is 22.4 Å². The van der Waals surface area contributed by atoms with Crippen molar-refractivity contribution in [1.29, 1.82) is 0 Å². The summed E-state index contributed by atoms with van der Waals surface area (Å²) in [7, 11) is -1.72. The van der Waals surface area contributed by atoms with Crippen LogP contribution in [0.1, 0.15) is 16.8 Å². The number of likely N-dealkylation sites (N-methyl/N-ethyl adjacent to an activating group) is 1. The molecule has 11 heteroatoms. The van der Waals surface area contributed by atoms with Crippen LogP contribution in [0.25, 0.3) is 0 Å². The highest BCUT2D eigenvalue weighted by Crippen LogP contribution is 2.17. The monoisotopic (exact) mass is 490 g/mol. The fourth-order valence-electron chi connectivity index (χ4n) is 2.93. The molecule has 3 aromatic rings. The maximum absolute atomic E-state index is 13.2. The summed E-state index contributed by atoms with van der Waals surface area (Å²) < 4.78 is 36.6. The molecule has 3 amide bonds. The number of hydrogen-bond donors (Lipinski definition) is 2. The number of nitrogens with zero attached hydrogens (tertiary/aromatic N) is 2. The van der Waals surface area contributed by atoms with Gasteiger partial charge < -0.3 is 10.2 Å². The topological polar surface area (TPSA) is 108 Å². The Labute approximate surface area is 195 Å². The molecule has 2 aromatic carbocycles. The van der Waals surface area contributed by atoms with Crippen molar-refractivity contribution in [3.63, 3.8) is 0 Å². The molecular weight excluding hydrogens is 467 g/mol. The molecule has 0 unspecified atom stereocenters. The van der Waals surface area contributed by atoms with Gasteiger partial charge in [0.1, 0.15) is 5.82 Å². The normalized spacial score (nSPS) is 11.1. The van der Waals surface area contributed by atoms with E-state index in [1.807, 2.05) is 0 Å². The zero-order chi connectivity index (χ0) is 24.0. The Morgan fingerprint density at radius 1 is 1.12 bits per heavy atom. The molecule has 0 atom stereocenters. The molecular formula is C22H23FN4O4S2. The molecule has 8 nitrogen and oxygen atoms in total. The summed E-state index contributed by atoms with van der Waals surface area (Å²) in [6.07, 6.45) is 1.17. The standard InChI is InChI=1S/C22H23FN4O4S2/c1-27(20(28)11-15-5-4-8-19(10-15)33(2,30)31)13-18-14-32-22(25-18)26-21(29)24-12-16-6-3-7-17(23)9-16/h3-10,14H,11-13H2,1-2H3,(H2,24,25,26,29). The second-order valence-corrected chi connectivity index (χ2v) is 10.3. The van der Waals surface area contributed by atoms with E-state index in [1.54, 1.807) is 36.7 Å². The van der Waals surface area contributed by atoms with Gasteiger partial charge in [-0.25, -0.2) is 22.6 Å². The molecule has 0 fully saturated rings. The number of benzene rings is 2. The first kappa shape index (κ1) is 24.3. The molecule has 0 aliphatic carbocycles. The van der Waals surface area contributed by atoms with Crippen molar-refractivity contribution in [2.24, 2.45) is 0 Å². The van der Waals surface area contributed by atoms with Gasteiger partial charge in [0.25, 0.3) is 0 Å². The molecule has 0 bridgehead atoms. The second kappa shape index (κ2) is 10.5. The quantitative estimate of drug-likeness (QED) is 0.504. The predicted molar refractivity (Wildman–Crippen MR) is 124 cm³/mol. The molecule has 0 aliphatic heterocycles. The number of urea groups is 1. The lowest BCUT2D eigenvalue weighted by Crippen LogP contribution is -2.29. The fraction of sp³-hybridized carbons (Fsp3) is 0.227. The molecule has 33 heavy (non-hydrogen) atoms. The zero-order valence-electron chi connectivity index (χ0n) is 18.0. The van der Waals surface area contributed by atoms with E-state index in [0.29, 0.717) is 22.0 Å². The van der Waals surface area contributed by atoms with Crippen LogP contribution in [0, 0.1) is 5.82 Å². The first-order valence-electron chi connectivity index (χ1n) is 9.87. The van der Waals surface area contributed by atoms with Crippen LogP contribution in [0.3, 0.4) is 0 Å². The number of halogens is 1. The number of anilines is 1. The Morgan fingerprint density at radius 2 is 1.85 bits per heavy atom. The van der Waals surface area contributed by atoms with Crippen LogP contribution in [0.15, 0.2) is 58.8 Å². The maximum atomic E-state index is 13.2. The minimum absolute atomic E-state index is 0.0532. The Balaban J connectivity index is 1.51. The number of aromatic nitrogens is 1. The van der Waals surface area contributed by atoms with Crippen LogP contribution in [0.2, 0.25) is 0 Å². The number of sulfone groups is 1. The molecule has 0 radical (unpaired) electrons. The molecule has 174 valence electrons. The largest absolute Gasteiger partial charge is 0.340 e. The number of rotatable bonds is 8. The third-order valence-electron chi connectivity index (χ3n) is 4.62. The first-order valence-corrected chi connectivity index (χ1v) is 12.6. The van der Waals surface area contributed by atoms with Crippen LogP contribution in [-0.2, 0) is 34.1 Å². The number of hydrogen-bond acceptors (Lipinski definition) is 6. The summed E-state index contributed by atoms with van der Waals surface area (Å²) in [5.74, 6) is -0.572. The molecule has 1 aromatic heterocycles. The summed E-state index contributed by atoms with van der Waals surface area (Å²) in [5, 5.41) is 7.34. The molecule has 0 spiro atoms. The third kappa shape index (κ3) is 7.36. The van der Waals surface area contributed by atoms with Gasteiger partial charge in [-0.3, -0.25) is 10.1 Å². The van der Waals surface area contributed by atoms with Gasteiger partial charge in [-0.2, -0.15) is 0 Å². The molecule has 3 rings (SSSR count). The Bertz CT molecular complexity index is 1260. The van der Waals surface area contributed by atoms with Crippen molar-refractivity contribution in [3.05, 3.63) is 76.5 Å². The Kier molecular flexibility index (Phi) is 7.77. The molecule has 1 heterocycles. The van der Waals surface area contributed by atoms with Crippen molar-refractivity contribution in [3.8, 4) is 0 Å². The molecule has 0 saturated carbocycles. The predicted octanol–water partition coefficient (Wildman–Crippen LogP) is 3.21. The van der Waals surface area contributed by atoms with Crippen molar-refractivity contribution in [2.75, 3.05) is 18.6 Å². The van der Waals surface area contributed by atoms with Gasteiger partial charge in [-0.1, -0.05) is 24.3 Å². The maximum Gasteiger partial charge on any atom is 0.321 e. The highest BCUT2D eigenvalue weighted by atomic mass is 32.2. The lowest BCUT2D eigenvalue weighted by atomic mass is 10.1. The fourth-order valence-corrected chi connectivity index (χ4v) is 4.32. The average molecular weight is 491 g/mol. The number of carbonyl (C=O) groups excluding carboxylic acids is 2. The lowest BCUT2D eigenvalue weighted by molar-refractivity contribution is -0.129. The van der Waals surface area contributed by atoms with E-state index in [0.717, 1.165) is 6.26 Å². The van der Waals surface area contributed by atoms with E-state index in [1.165, 1.54) is 40.5 Å². The average Bonchev–Trinajstić information content (AvgIpc) is 3.18. The van der Waals surface area contributed by atoms with E-state index >= 15 is 0 Å². The van der Waals surface area contributed by atoms with Crippen LogP contribution >= 0.6 is 11.3 Å². The van der Waals surface area contributed by atoms with Gasteiger partial charge in [-0.05, 0) is 35.4 Å². The summed E-state index contributed by atoms with van der Waals surface area (Å²) in [4.78, 5) is 30.6. The van der Waals surface area contributed by atoms with E-state index in [2.05, 4.69) is 15.6 Å². The number of thiazole rings is 1. The van der Waals surface area contributed by atoms with Gasteiger partial charge in [0.05, 0.1) is 23.6 Å². The Hall–Kier alpha value is -3.31. The molecule has 0 saturated heterocycles. The number of carbonyl (C=O) groups is 2. The first-order chi connectivity index (χ1) is 15.6. The van der Waals surface area contributed by atoms with E-state index < -0.39 is 15.9 Å². The minimum atomic E-state index is -3.35. The van der Waals surface area contributed by atoms with Crippen LogP contribution in [0.5, 0.6) is 0 Å². The van der Waals surface area contributed by atoms with Gasteiger partial charge in [-0.15, -0.1) is 11.3 Å². The minimum Gasteiger partial charge on any atom is -0.340 e. The Morgan fingerprint density at radius 3 is 2.58 bits per heavy atom. The SMILES string of the molecule is CN(Cc1csc(NC(=O)NCc2cccc(F)c2)n1)C(=O)Cc1cccc(S(C)(=O)=O)c1. The van der Waals surface area contributed by atoms with Gasteiger partial charge >= 0.3 is 6.03 Å². The van der Waals surface area contributed by atoms with Crippen LogP contribution in [0.4, 0.5) is 14.3 Å². The van der Waals surface area contributed by atoms with Crippen LogP contribution < -0.4 is 10.6 Å². The van der Waals surface area contributed by atoms with E-state index in [-0.39, 0.29) is 36.1 Å². The van der Waals surface area contributed by atoms with E-state index in [4.69, 9.17) is 0 Å². The molecule has 2 N–H and O–H groups in total. The highest BCUT2D eigenvalue weighted by Gasteiger charge is 2.15. The van der Waals surface area contributed by atoms with Crippen molar-refractivity contribution >= 4 is 38.2 Å². The molecule has 0 aliphatic rings. The van der Waals surface area contributed by atoms with Gasteiger partial charge in [0.2, 0.25) is 5.91 Å². The highest BCUT2D eigenvalue weighted by molar-refractivity contribution is 7.90. The zero-order valence-corrected chi connectivity index (χ0v) is 19.7. The van der Waals surface area contributed by atoms with Crippen molar-refractivity contribution in [2.45, 2.75) is 24.4 Å². The summed E-state index contributed by atoms with van der Waals surface area (Å²) in [6, 6.07) is 11.8. The summed E-state index contributed by atoms with van der Waals surface area (Å²) >= 11 is 1.22. The van der Waals surface area contributed by atoms with Gasteiger partial charge in [0.15, 0.2) is 15.0 Å². The van der Waals surface area contributed by atoms with E-state index in [9.17, 15) is 22.4 Å². The third-order valence-corrected chi connectivity index (χ3v) is 6.54. The van der Waals surface area contributed by atoms with Gasteiger partial charge in [0, 0.05) is 25.2 Å². The second-order valence-electron chi connectivity index (χ2n) is 7.43. The van der Waals surface area contributed by atoms with Crippen LogP contribution in [-0.4, -0.2) is 43.5 Å².